The van der Waals surface area contributed by atoms with Crippen LogP contribution in [0.3, 0.4) is 0 Å². The lowest BCUT2D eigenvalue weighted by molar-refractivity contribution is -0.141. The lowest BCUT2D eigenvalue weighted by Crippen LogP contribution is -2.49. The largest absolute Gasteiger partial charge is 0.494 e. The highest BCUT2D eigenvalue weighted by Gasteiger charge is 2.26. The van der Waals surface area contributed by atoms with Gasteiger partial charge >= 0.3 is 0 Å². The molecule has 0 bridgehead atoms. The average Bonchev–Trinajstić information content (AvgIpc) is 2.76. The van der Waals surface area contributed by atoms with Gasteiger partial charge in [0.05, 0.1) is 6.61 Å². The molecule has 7 heteroatoms. The number of hydrogen-bond donors (Lipinski definition) is 1. The first-order valence-electron chi connectivity index (χ1n) is 10.5. The van der Waals surface area contributed by atoms with Crippen LogP contribution in [0.1, 0.15) is 45.6 Å². The summed E-state index contributed by atoms with van der Waals surface area (Å²) in [7, 11) is 0. The van der Waals surface area contributed by atoms with Crippen LogP contribution in [-0.2, 0) is 16.1 Å². The molecule has 2 aromatic rings. The van der Waals surface area contributed by atoms with Crippen molar-refractivity contribution in [3.05, 3.63) is 63.6 Å². The van der Waals surface area contributed by atoms with Gasteiger partial charge in [-0.2, -0.15) is 0 Å². The highest BCUT2D eigenvalue weighted by molar-refractivity contribution is 9.10. The van der Waals surface area contributed by atoms with E-state index in [0.717, 1.165) is 16.5 Å². The molecule has 0 heterocycles. The number of benzene rings is 2. The molecule has 168 valence electrons. The van der Waals surface area contributed by atoms with Gasteiger partial charge in [0.15, 0.2) is 0 Å². The number of carbonyl (C=O) groups excluding carboxylic acids is 2. The third-order valence-corrected chi connectivity index (χ3v) is 5.83. The first-order valence-corrected chi connectivity index (χ1v) is 11.7. The fraction of sp³-hybridized carbons (Fsp3) is 0.417. The van der Waals surface area contributed by atoms with Gasteiger partial charge in [0.25, 0.3) is 0 Å². The zero-order valence-electron chi connectivity index (χ0n) is 18.2. The van der Waals surface area contributed by atoms with Gasteiger partial charge in [-0.15, -0.1) is 0 Å². The molecule has 0 fully saturated rings. The molecule has 2 atom stereocenters. The molecule has 0 aliphatic carbocycles. The summed E-state index contributed by atoms with van der Waals surface area (Å²) in [5, 5.41) is 3.63. The molecule has 0 spiro atoms. The van der Waals surface area contributed by atoms with Crippen LogP contribution in [0.15, 0.2) is 53.0 Å². The molecule has 31 heavy (non-hydrogen) atoms. The molecular weight excluding hydrogens is 480 g/mol. The quantitative estimate of drug-likeness (QED) is 0.402. The predicted molar refractivity (Wildman–Crippen MR) is 128 cm³/mol. The van der Waals surface area contributed by atoms with E-state index in [0.29, 0.717) is 36.8 Å². The van der Waals surface area contributed by atoms with Crippen LogP contribution in [0.25, 0.3) is 0 Å². The monoisotopic (exact) mass is 508 g/mol. The molecule has 0 radical (unpaired) electrons. The molecule has 0 aliphatic rings. The molecule has 1 N–H and O–H groups in total. The third kappa shape index (κ3) is 8.54. The highest BCUT2D eigenvalue weighted by atomic mass is 79.9. The van der Waals surface area contributed by atoms with Crippen molar-refractivity contribution in [2.24, 2.45) is 0 Å². The van der Waals surface area contributed by atoms with E-state index in [2.05, 4.69) is 21.2 Å². The maximum atomic E-state index is 13.0. The fourth-order valence-electron chi connectivity index (χ4n) is 2.92. The topological polar surface area (TPSA) is 58.6 Å². The van der Waals surface area contributed by atoms with Crippen molar-refractivity contribution in [2.75, 3.05) is 6.61 Å². The maximum Gasteiger partial charge on any atom is 0.242 e. The van der Waals surface area contributed by atoms with Crippen molar-refractivity contribution in [1.29, 1.82) is 0 Å². The molecule has 2 amide bonds. The first kappa shape index (κ1) is 25.2. The number of ether oxygens (including phenoxy) is 1. The zero-order chi connectivity index (χ0) is 22.8. The van der Waals surface area contributed by atoms with Gasteiger partial charge in [-0.05, 0) is 68.7 Å². The summed E-state index contributed by atoms with van der Waals surface area (Å²) < 4.78 is 6.65. The summed E-state index contributed by atoms with van der Waals surface area (Å²) >= 11 is 9.31. The van der Waals surface area contributed by atoms with Gasteiger partial charge in [-0.25, -0.2) is 0 Å². The summed E-state index contributed by atoms with van der Waals surface area (Å²) in [5.74, 6) is 0.497. The molecular formula is C24H30BrClN2O3. The second kappa shape index (κ2) is 12.7. The van der Waals surface area contributed by atoms with Crippen molar-refractivity contribution >= 4 is 39.3 Å². The number of rotatable bonds is 11. The number of halogens is 2. The van der Waals surface area contributed by atoms with Crippen LogP contribution < -0.4 is 10.1 Å². The highest BCUT2D eigenvalue weighted by Crippen LogP contribution is 2.17. The summed E-state index contributed by atoms with van der Waals surface area (Å²) in [5.41, 5.74) is 0.970. The van der Waals surface area contributed by atoms with E-state index in [1.165, 1.54) is 0 Å². The van der Waals surface area contributed by atoms with Crippen LogP contribution in [-0.4, -0.2) is 35.4 Å². The van der Waals surface area contributed by atoms with E-state index in [-0.39, 0.29) is 17.9 Å². The molecule has 0 aromatic heterocycles. The Bertz CT molecular complexity index is 843. The molecule has 2 rings (SSSR count). The van der Waals surface area contributed by atoms with Crippen LogP contribution in [0.5, 0.6) is 5.75 Å². The van der Waals surface area contributed by atoms with Crippen LogP contribution in [0, 0.1) is 0 Å². The van der Waals surface area contributed by atoms with Crippen molar-refractivity contribution in [3.63, 3.8) is 0 Å². The minimum Gasteiger partial charge on any atom is -0.494 e. The van der Waals surface area contributed by atoms with E-state index in [9.17, 15) is 9.59 Å². The fourth-order valence-corrected chi connectivity index (χ4v) is 3.31. The second-order valence-electron chi connectivity index (χ2n) is 7.55. The normalized spacial score (nSPS) is 12.7. The number of amides is 2. The van der Waals surface area contributed by atoms with E-state index in [1.807, 2.05) is 38.1 Å². The minimum atomic E-state index is -0.567. The minimum absolute atomic E-state index is 0.0624. The van der Waals surface area contributed by atoms with Gasteiger partial charge in [0.2, 0.25) is 11.8 Å². The Morgan fingerprint density at radius 3 is 2.35 bits per heavy atom. The van der Waals surface area contributed by atoms with Crippen LogP contribution >= 0.6 is 27.5 Å². The molecule has 0 aliphatic heterocycles. The zero-order valence-corrected chi connectivity index (χ0v) is 20.6. The molecule has 2 aromatic carbocycles. The Morgan fingerprint density at radius 1 is 1.10 bits per heavy atom. The summed E-state index contributed by atoms with van der Waals surface area (Å²) in [6, 6.07) is 14.4. The van der Waals surface area contributed by atoms with Gasteiger partial charge in [-0.1, -0.05) is 46.6 Å². The maximum absolute atomic E-state index is 13.0. The van der Waals surface area contributed by atoms with Crippen molar-refractivity contribution in [1.82, 2.24) is 10.2 Å². The van der Waals surface area contributed by atoms with Gasteiger partial charge in [0.1, 0.15) is 11.8 Å². The number of hydrogen-bond acceptors (Lipinski definition) is 3. The van der Waals surface area contributed by atoms with Crippen molar-refractivity contribution in [3.8, 4) is 5.75 Å². The first-order chi connectivity index (χ1) is 14.8. The molecule has 2 unspecified atom stereocenters. The van der Waals surface area contributed by atoms with Crippen LogP contribution in [0.4, 0.5) is 0 Å². The smallest absolute Gasteiger partial charge is 0.242 e. The van der Waals surface area contributed by atoms with Crippen LogP contribution in [0.2, 0.25) is 5.02 Å². The summed E-state index contributed by atoms with van der Waals surface area (Å²) in [6.45, 7) is 6.53. The SMILES string of the molecule is CCC(C)NC(=O)C(C)N(Cc1ccc(Br)cc1)C(=O)CCCOc1ccc(Cl)cc1. The Balaban J connectivity index is 1.99. The number of carbonyl (C=O) groups is 2. The van der Waals surface area contributed by atoms with E-state index >= 15 is 0 Å². The lowest BCUT2D eigenvalue weighted by Gasteiger charge is -2.29. The summed E-state index contributed by atoms with van der Waals surface area (Å²) in [6.07, 6.45) is 1.68. The molecule has 0 saturated carbocycles. The predicted octanol–water partition coefficient (Wildman–Crippen LogP) is 5.59. The lowest BCUT2D eigenvalue weighted by atomic mass is 10.1. The standard InChI is InChI=1S/C24H30BrClN2O3/c1-4-17(2)27-24(30)18(3)28(16-19-7-9-20(25)10-8-19)23(29)6-5-15-31-22-13-11-21(26)12-14-22/h7-14,17-18H,4-6,15-16H2,1-3H3,(H,27,30). The molecule has 0 saturated heterocycles. The molecule has 5 nitrogen and oxygen atoms in total. The van der Waals surface area contributed by atoms with E-state index in [4.69, 9.17) is 16.3 Å². The van der Waals surface area contributed by atoms with Gasteiger partial charge in [0, 0.05) is 28.5 Å². The van der Waals surface area contributed by atoms with Crippen molar-refractivity contribution in [2.45, 2.75) is 58.7 Å². The Labute approximate surface area is 198 Å². The van der Waals surface area contributed by atoms with Crippen molar-refractivity contribution < 1.29 is 14.3 Å². The number of nitrogens with zero attached hydrogens (tertiary/aromatic N) is 1. The Hall–Kier alpha value is -2.05. The Morgan fingerprint density at radius 2 is 1.74 bits per heavy atom. The Kier molecular flexibility index (Phi) is 10.3. The number of nitrogens with one attached hydrogen (secondary N) is 1. The van der Waals surface area contributed by atoms with Gasteiger partial charge < -0.3 is 15.0 Å². The summed E-state index contributed by atoms with van der Waals surface area (Å²) in [4.78, 5) is 27.4. The van der Waals surface area contributed by atoms with Gasteiger partial charge in [-0.3, -0.25) is 9.59 Å². The average molecular weight is 510 g/mol. The second-order valence-corrected chi connectivity index (χ2v) is 8.90. The van der Waals surface area contributed by atoms with E-state index < -0.39 is 6.04 Å². The third-order valence-electron chi connectivity index (χ3n) is 5.05. The van der Waals surface area contributed by atoms with E-state index in [1.54, 1.807) is 36.1 Å².